The average molecular weight is 593 g/mol. The Morgan fingerprint density at radius 1 is 0.690 bits per heavy atom. The van der Waals surface area contributed by atoms with Gasteiger partial charge in [0.15, 0.2) is 12.2 Å². The number of ether oxygens (including phenoxy) is 5. The number of hydrogen-bond donors (Lipinski definition) is 0. The summed E-state index contributed by atoms with van der Waals surface area (Å²) in [4.78, 5) is 27.7. The standard InChI is InChI=1S/C34H40O7S/c1-3-5-22-37-24-28-29(40-32(35)25-16-10-7-11-17-25)30(38-23-6-4-2)31(41-33(36)26-18-12-8-13-19-26)34(39-28)42-27-20-14-9-15-21-27/h7-21,28-31,34H,3-6,22-24H2,1-2H3/t28?,29-,30?,31?,34-/m1/s1. The van der Waals surface area contributed by atoms with Gasteiger partial charge in [-0.3, -0.25) is 0 Å². The molecule has 0 saturated carbocycles. The first-order valence-corrected chi connectivity index (χ1v) is 15.6. The molecule has 1 aliphatic heterocycles. The van der Waals surface area contributed by atoms with Crippen LogP contribution in [-0.4, -0.2) is 61.6 Å². The van der Waals surface area contributed by atoms with Crippen molar-refractivity contribution in [1.82, 2.24) is 0 Å². The molecule has 4 rings (SSSR count). The SMILES string of the molecule is CCCCOCC1O[C@H](Sc2ccccc2)C(OC(=O)c2ccccc2)C(OCCCC)[C@@H]1OC(=O)c1ccccc1. The summed E-state index contributed by atoms with van der Waals surface area (Å²) in [6, 6.07) is 27.4. The highest BCUT2D eigenvalue weighted by Crippen LogP contribution is 2.38. The molecule has 0 spiro atoms. The zero-order valence-electron chi connectivity index (χ0n) is 24.3. The van der Waals surface area contributed by atoms with Gasteiger partial charge in [-0.1, -0.05) is 93.0 Å². The molecule has 1 aliphatic rings. The molecule has 1 saturated heterocycles. The topological polar surface area (TPSA) is 80.3 Å². The van der Waals surface area contributed by atoms with E-state index < -0.39 is 41.8 Å². The van der Waals surface area contributed by atoms with Crippen molar-refractivity contribution in [3.05, 3.63) is 102 Å². The molecule has 3 unspecified atom stereocenters. The van der Waals surface area contributed by atoms with Crippen LogP contribution in [0.2, 0.25) is 0 Å². The Balaban J connectivity index is 1.69. The number of benzene rings is 3. The van der Waals surface area contributed by atoms with Crippen LogP contribution in [0.15, 0.2) is 95.9 Å². The molecule has 7 nitrogen and oxygen atoms in total. The number of carbonyl (C=O) groups excluding carboxylic acids is 2. The minimum atomic E-state index is -0.877. The molecule has 1 fully saturated rings. The van der Waals surface area contributed by atoms with Crippen molar-refractivity contribution in [3.63, 3.8) is 0 Å². The van der Waals surface area contributed by atoms with Gasteiger partial charge in [0.05, 0.1) is 17.7 Å². The predicted molar refractivity (Wildman–Crippen MR) is 163 cm³/mol. The van der Waals surface area contributed by atoms with Gasteiger partial charge in [0.1, 0.15) is 17.6 Å². The Morgan fingerprint density at radius 2 is 1.21 bits per heavy atom. The van der Waals surface area contributed by atoms with E-state index in [1.165, 1.54) is 11.8 Å². The maximum Gasteiger partial charge on any atom is 0.338 e. The number of hydrogen-bond acceptors (Lipinski definition) is 8. The molecule has 5 atom stereocenters. The number of carbonyl (C=O) groups is 2. The molecule has 3 aromatic rings. The molecule has 1 heterocycles. The van der Waals surface area contributed by atoms with Gasteiger partial charge in [-0.15, -0.1) is 0 Å². The summed E-state index contributed by atoms with van der Waals surface area (Å²) in [6.07, 6.45) is 0.419. The van der Waals surface area contributed by atoms with Crippen molar-refractivity contribution < 1.29 is 33.3 Å². The zero-order chi connectivity index (χ0) is 29.6. The number of unbranched alkanes of at least 4 members (excludes halogenated alkanes) is 2. The normalized spacial score (nSPS) is 21.9. The summed E-state index contributed by atoms with van der Waals surface area (Å²) < 4.78 is 31.4. The van der Waals surface area contributed by atoms with Crippen LogP contribution in [-0.2, 0) is 23.7 Å². The molecule has 42 heavy (non-hydrogen) atoms. The Morgan fingerprint density at radius 3 is 1.79 bits per heavy atom. The van der Waals surface area contributed by atoms with Gasteiger partial charge in [-0.25, -0.2) is 9.59 Å². The first-order valence-electron chi connectivity index (χ1n) is 14.7. The largest absolute Gasteiger partial charge is 0.453 e. The van der Waals surface area contributed by atoms with Gasteiger partial charge < -0.3 is 23.7 Å². The monoisotopic (exact) mass is 592 g/mol. The molecule has 0 bridgehead atoms. The number of thioether (sulfide) groups is 1. The zero-order valence-corrected chi connectivity index (χ0v) is 25.1. The van der Waals surface area contributed by atoms with Gasteiger partial charge in [0.25, 0.3) is 0 Å². The third kappa shape index (κ3) is 9.16. The molecule has 0 N–H and O–H groups in total. The summed E-state index contributed by atoms with van der Waals surface area (Å²) in [5.41, 5.74) is 0.184. The van der Waals surface area contributed by atoms with Crippen LogP contribution >= 0.6 is 11.8 Å². The van der Waals surface area contributed by atoms with Crippen LogP contribution in [0, 0.1) is 0 Å². The van der Waals surface area contributed by atoms with Gasteiger partial charge >= 0.3 is 11.9 Å². The predicted octanol–water partition coefficient (Wildman–Crippen LogP) is 6.96. The fraction of sp³-hybridized carbons (Fsp3) is 0.412. The van der Waals surface area contributed by atoms with Crippen molar-refractivity contribution in [3.8, 4) is 0 Å². The molecule has 224 valence electrons. The van der Waals surface area contributed by atoms with E-state index in [2.05, 4.69) is 13.8 Å². The Bertz CT molecular complexity index is 1210. The summed E-state index contributed by atoms with van der Waals surface area (Å²) in [6.45, 7) is 5.34. The summed E-state index contributed by atoms with van der Waals surface area (Å²) in [5, 5.41) is 0. The maximum absolute atomic E-state index is 13.4. The molecule has 3 aromatic carbocycles. The molecule has 0 radical (unpaired) electrons. The molecule has 0 amide bonds. The van der Waals surface area contributed by atoms with Gasteiger partial charge in [0.2, 0.25) is 0 Å². The second-order valence-corrected chi connectivity index (χ2v) is 11.2. The summed E-state index contributed by atoms with van der Waals surface area (Å²) >= 11 is 1.44. The molecule has 0 aromatic heterocycles. The van der Waals surface area contributed by atoms with Gasteiger partial charge in [-0.2, -0.15) is 0 Å². The minimum Gasteiger partial charge on any atom is -0.453 e. The first kappa shape index (κ1) is 31.8. The van der Waals surface area contributed by atoms with E-state index in [9.17, 15) is 9.59 Å². The van der Waals surface area contributed by atoms with Crippen molar-refractivity contribution in [2.45, 2.75) is 74.3 Å². The summed E-state index contributed by atoms with van der Waals surface area (Å²) in [5.74, 6) is -1.01. The van der Waals surface area contributed by atoms with E-state index in [0.717, 1.165) is 30.6 Å². The number of rotatable bonds is 15. The fourth-order valence-electron chi connectivity index (χ4n) is 4.54. The molecule has 8 heteroatoms. The van der Waals surface area contributed by atoms with E-state index in [0.29, 0.717) is 24.3 Å². The quantitative estimate of drug-likeness (QED) is 0.138. The Hall–Kier alpha value is -3.17. The second-order valence-electron chi connectivity index (χ2n) is 10.1. The highest BCUT2D eigenvalue weighted by Gasteiger charge is 2.51. The van der Waals surface area contributed by atoms with Crippen LogP contribution in [0.25, 0.3) is 0 Å². The fourth-order valence-corrected chi connectivity index (χ4v) is 5.66. The lowest BCUT2D eigenvalue weighted by molar-refractivity contribution is -0.223. The average Bonchev–Trinajstić information content (AvgIpc) is 3.03. The van der Waals surface area contributed by atoms with Crippen molar-refractivity contribution >= 4 is 23.7 Å². The van der Waals surface area contributed by atoms with Crippen molar-refractivity contribution in [2.75, 3.05) is 19.8 Å². The van der Waals surface area contributed by atoms with Crippen LogP contribution in [0.4, 0.5) is 0 Å². The lowest BCUT2D eigenvalue weighted by Crippen LogP contribution is -2.61. The lowest BCUT2D eigenvalue weighted by Gasteiger charge is -2.45. The smallest absolute Gasteiger partial charge is 0.338 e. The number of esters is 2. The van der Waals surface area contributed by atoms with E-state index in [1.54, 1.807) is 48.5 Å². The molecular weight excluding hydrogens is 552 g/mol. The van der Waals surface area contributed by atoms with Crippen LogP contribution < -0.4 is 0 Å². The van der Waals surface area contributed by atoms with Gasteiger partial charge in [-0.05, 0) is 49.2 Å². The van der Waals surface area contributed by atoms with E-state index in [1.807, 2.05) is 42.5 Å². The third-order valence-electron chi connectivity index (χ3n) is 6.82. The second kappa shape index (κ2) is 17.1. The van der Waals surface area contributed by atoms with Crippen molar-refractivity contribution in [2.24, 2.45) is 0 Å². The first-order chi connectivity index (χ1) is 20.6. The third-order valence-corrected chi connectivity index (χ3v) is 7.98. The van der Waals surface area contributed by atoms with E-state index in [4.69, 9.17) is 23.7 Å². The minimum absolute atomic E-state index is 0.200. The highest BCUT2D eigenvalue weighted by atomic mass is 32.2. The van der Waals surface area contributed by atoms with Crippen molar-refractivity contribution in [1.29, 1.82) is 0 Å². The highest BCUT2D eigenvalue weighted by molar-refractivity contribution is 7.99. The molecular formula is C34H40O7S. The molecule has 0 aliphatic carbocycles. The van der Waals surface area contributed by atoms with Crippen LogP contribution in [0.3, 0.4) is 0 Å². The Kier molecular flexibility index (Phi) is 12.9. The summed E-state index contributed by atoms with van der Waals surface area (Å²) in [7, 11) is 0. The maximum atomic E-state index is 13.4. The van der Waals surface area contributed by atoms with Gasteiger partial charge in [0, 0.05) is 18.1 Å². The van der Waals surface area contributed by atoms with E-state index >= 15 is 0 Å². The van der Waals surface area contributed by atoms with Crippen LogP contribution in [0.5, 0.6) is 0 Å². The Labute approximate surface area is 252 Å². The lowest BCUT2D eigenvalue weighted by atomic mass is 9.98. The van der Waals surface area contributed by atoms with Crippen LogP contribution in [0.1, 0.15) is 60.2 Å². The van der Waals surface area contributed by atoms with E-state index in [-0.39, 0.29) is 6.61 Å².